The molecule has 1 amide bonds. The van der Waals surface area contributed by atoms with Crippen molar-refractivity contribution in [1.29, 1.82) is 0 Å². The Hall–Kier alpha value is -3.26. The first kappa shape index (κ1) is 18.1. The van der Waals surface area contributed by atoms with Gasteiger partial charge < -0.3 is 10.1 Å². The summed E-state index contributed by atoms with van der Waals surface area (Å²) in [4.78, 5) is 13.3. The highest BCUT2D eigenvalue weighted by Crippen LogP contribution is 2.26. The van der Waals surface area contributed by atoms with E-state index in [-0.39, 0.29) is 5.91 Å². The number of nitrogens with one attached hydrogen (secondary N) is 1. The predicted octanol–water partition coefficient (Wildman–Crippen LogP) is 4.20. The minimum Gasteiger partial charge on any atom is -0.494 e. The normalized spacial score (nSPS) is 10.9. The number of hydrogen-bond acceptors (Lipinski definition) is 6. The van der Waals surface area contributed by atoms with Gasteiger partial charge in [-0.1, -0.05) is 24.3 Å². The molecule has 0 aliphatic heterocycles. The van der Waals surface area contributed by atoms with Gasteiger partial charge in [-0.15, -0.1) is 10.2 Å². The molecule has 0 aliphatic rings. The molecule has 4 aromatic rings. The van der Waals surface area contributed by atoms with Crippen molar-refractivity contribution in [3.05, 3.63) is 59.9 Å². The smallest absolute Gasteiger partial charge is 0.255 e. The molecule has 0 spiro atoms. The zero-order valence-electron chi connectivity index (χ0n) is 15.5. The molecule has 0 aliphatic carbocycles. The van der Waals surface area contributed by atoms with Crippen LogP contribution < -0.4 is 10.1 Å². The van der Waals surface area contributed by atoms with Crippen molar-refractivity contribution in [2.45, 2.75) is 20.3 Å². The van der Waals surface area contributed by atoms with Crippen molar-refractivity contribution in [3.8, 4) is 16.3 Å². The van der Waals surface area contributed by atoms with Crippen LogP contribution in [0.15, 0.2) is 48.5 Å². The van der Waals surface area contributed by atoms with Crippen molar-refractivity contribution in [2.75, 3.05) is 11.9 Å². The van der Waals surface area contributed by atoms with E-state index < -0.39 is 0 Å². The topological polar surface area (TPSA) is 81.4 Å². The lowest BCUT2D eigenvalue weighted by atomic mass is 10.1. The minimum absolute atomic E-state index is 0.177. The summed E-state index contributed by atoms with van der Waals surface area (Å²) in [6.45, 7) is 4.54. The fraction of sp³-hybridized carbons (Fsp3) is 0.200. The second kappa shape index (κ2) is 7.77. The Morgan fingerprint density at radius 2 is 2.00 bits per heavy atom. The molecule has 0 unspecified atom stereocenters. The van der Waals surface area contributed by atoms with E-state index in [1.807, 2.05) is 50.2 Å². The number of amides is 1. The van der Waals surface area contributed by atoms with Crippen molar-refractivity contribution in [2.24, 2.45) is 0 Å². The molecule has 0 saturated carbocycles. The Labute approximate surface area is 166 Å². The third-order valence-corrected chi connectivity index (χ3v) is 5.05. The van der Waals surface area contributed by atoms with Gasteiger partial charge in [-0.2, -0.15) is 9.61 Å². The molecule has 2 heterocycles. The summed E-state index contributed by atoms with van der Waals surface area (Å²) in [5.41, 5.74) is 2.23. The first-order valence-electron chi connectivity index (χ1n) is 8.97. The first-order chi connectivity index (χ1) is 13.6. The van der Waals surface area contributed by atoms with Crippen LogP contribution in [-0.4, -0.2) is 32.3 Å². The van der Waals surface area contributed by atoms with Gasteiger partial charge in [0.2, 0.25) is 4.96 Å². The Kier molecular flexibility index (Phi) is 5.03. The highest BCUT2D eigenvalue weighted by molar-refractivity contribution is 7.19. The lowest BCUT2D eigenvalue weighted by molar-refractivity contribution is 0.102. The van der Waals surface area contributed by atoms with Crippen LogP contribution in [0.1, 0.15) is 29.5 Å². The average Bonchev–Trinajstić information content (AvgIpc) is 3.29. The summed E-state index contributed by atoms with van der Waals surface area (Å²) >= 11 is 1.47. The molecule has 142 valence electrons. The van der Waals surface area contributed by atoms with Gasteiger partial charge in [0.25, 0.3) is 5.91 Å². The number of ether oxygens (including phenoxy) is 1. The SMILES string of the molecule is CCCOc1cccc(C(=O)Nc2ccc(-c3nn4c(C)nnc4s3)cc2)c1. The minimum atomic E-state index is -0.177. The largest absolute Gasteiger partial charge is 0.494 e. The Bertz CT molecular complexity index is 1120. The third kappa shape index (κ3) is 3.72. The van der Waals surface area contributed by atoms with Gasteiger partial charge in [-0.3, -0.25) is 4.79 Å². The van der Waals surface area contributed by atoms with Crippen LogP contribution in [0.2, 0.25) is 0 Å². The second-order valence-corrected chi connectivity index (χ2v) is 7.21. The number of benzene rings is 2. The summed E-state index contributed by atoms with van der Waals surface area (Å²) in [5.74, 6) is 1.28. The molecule has 28 heavy (non-hydrogen) atoms. The van der Waals surface area contributed by atoms with Crippen LogP contribution in [0.4, 0.5) is 5.69 Å². The Balaban J connectivity index is 1.47. The van der Waals surface area contributed by atoms with E-state index in [1.54, 1.807) is 16.6 Å². The summed E-state index contributed by atoms with van der Waals surface area (Å²) in [6.07, 6.45) is 0.920. The maximum atomic E-state index is 12.5. The molecule has 8 heteroatoms. The van der Waals surface area contributed by atoms with Crippen LogP contribution in [0.25, 0.3) is 15.5 Å². The molecule has 0 bridgehead atoms. The number of carbonyl (C=O) groups is 1. The van der Waals surface area contributed by atoms with Gasteiger partial charge in [0, 0.05) is 16.8 Å². The fourth-order valence-corrected chi connectivity index (χ4v) is 3.57. The Morgan fingerprint density at radius 3 is 2.75 bits per heavy atom. The number of nitrogens with zero attached hydrogens (tertiary/aromatic N) is 4. The van der Waals surface area contributed by atoms with Gasteiger partial charge in [0.05, 0.1) is 6.61 Å². The quantitative estimate of drug-likeness (QED) is 0.531. The van der Waals surface area contributed by atoms with E-state index in [2.05, 4.69) is 20.6 Å². The number of rotatable bonds is 6. The third-order valence-electron chi connectivity index (χ3n) is 4.11. The van der Waals surface area contributed by atoms with E-state index in [0.29, 0.717) is 23.6 Å². The average molecular weight is 393 g/mol. The number of carbonyl (C=O) groups excluding carboxylic acids is 1. The summed E-state index contributed by atoms with van der Waals surface area (Å²) in [6, 6.07) is 14.8. The van der Waals surface area contributed by atoms with Crippen LogP contribution in [0, 0.1) is 6.92 Å². The molecule has 0 radical (unpaired) electrons. The van der Waals surface area contributed by atoms with Crippen LogP contribution >= 0.6 is 11.3 Å². The van der Waals surface area contributed by atoms with Crippen molar-refractivity contribution in [3.63, 3.8) is 0 Å². The Morgan fingerprint density at radius 1 is 1.18 bits per heavy atom. The van der Waals surface area contributed by atoms with E-state index in [9.17, 15) is 4.79 Å². The van der Waals surface area contributed by atoms with Crippen LogP contribution in [0.5, 0.6) is 5.75 Å². The number of anilines is 1. The van der Waals surface area contributed by atoms with Gasteiger partial charge in [-0.05, 0) is 55.8 Å². The molecular formula is C20H19N5O2S. The van der Waals surface area contributed by atoms with Gasteiger partial charge in [0.1, 0.15) is 10.8 Å². The number of fused-ring (bicyclic) bond motifs is 1. The predicted molar refractivity (Wildman–Crippen MR) is 109 cm³/mol. The highest BCUT2D eigenvalue weighted by atomic mass is 32.1. The van der Waals surface area contributed by atoms with Crippen LogP contribution in [0.3, 0.4) is 0 Å². The molecule has 0 saturated heterocycles. The lowest BCUT2D eigenvalue weighted by Gasteiger charge is -2.08. The lowest BCUT2D eigenvalue weighted by Crippen LogP contribution is -2.12. The molecular weight excluding hydrogens is 374 g/mol. The zero-order valence-corrected chi connectivity index (χ0v) is 16.4. The van der Waals surface area contributed by atoms with Crippen molar-refractivity contribution < 1.29 is 9.53 Å². The summed E-state index contributed by atoms with van der Waals surface area (Å²) in [7, 11) is 0. The monoisotopic (exact) mass is 393 g/mol. The fourth-order valence-electron chi connectivity index (χ4n) is 2.68. The second-order valence-electron chi connectivity index (χ2n) is 6.26. The van der Waals surface area contributed by atoms with Gasteiger partial charge in [-0.25, -0.2) is 0 Å². The van der Waals surface area contributed by atoms with Crippen molar-refractivity contribution >= 4 is 27.9 Å². The first-order valence-corrected chi connectivity index (χ1v) is 9.79. The highest BCUT2D eigenvalue weighted by Gasteiger charge is 2.11. The number of hydrogen-bond donors (Lipinski definition) is 1. The van der Waals surface area contributed by atoms with E-state index in [4.69, 9.17) is 4.74 Å². The number of aryl methyl sites for hydroxylation is 1. The van der Waals surface area contributed by atoms with Gasteiger partial charge in [0.15, 0.2) is 5.82 Å². The maximum Gasteiger partial charge on any atom is 0.255 e. The van der Waals surface area contributed by atoms with E-state index in [1.165, 1.54) is 11.3 Å². The van der Waals surface area contributed by atoms with E-state index >= 15 is 0 Å². The molecule has 2 aromatic carbocycles. The number of aromatic nitrogens is 4. The van der Waals surface area contributed by atoms with Gasteiger partial charge >= 0.3 is 0 Å². The standard InChI is InChI=1S/C20H19N5O2S/c1-3-11-27-17-6-4-5-15(12-17)18(26)21-16-9-7-14(8-10-16)19-24-25-13(2)22-23-20(25)28-19/h4-10,12H,3,11H2,1-2H3,(H,21,26). The summed E-state index contributed by atoms with van der Waals surface area (Å²) < 4.78 is 7.32. The maximum absolute atomic E-state index is 12.5. The zero-order chi connectivity index (χ0) is 19.5. The molecule has 7 nitrogen and oxygen atoms in total. The van der Waals surface area contributed by atoms with E-state index in [0.717, 1.165) is 27.8 Å². The molecule has 0 fully saturated rings. The van der Waals surface area contributed by atoms with Crippen molar-refractivity contribution in [1.82, 2.24) is 19.8 Å². The molecule has 1 N–H and O–H groups in total. The molecule has 2 aromatic heterocycles. The van der Waals surface area contributed by atoms with Crippen LogP contribution in [-0.2, 0) is 0 Å². The summed E-state index contributed by atoms with van der Waals surface area (Å²) in [5, 5.41) is 16.4. The molecule has 0 atom stereocenters. The molecule has 4 rings (SSSR count).